The summed E-state index contributed by atoms with van der Waals surface area (Å²) in [5, 5.41) is 2.99. The number of halogens is 1. The van der Waals surface area contributed by atoms with Crippen molar-refractivity contribution in [3.05, 3.63) is 95.6 Å². The highest BCUT2D eigenvalue weighted by Crippen LogP contribution is 2.32. The molecule has 0 fully saturated rings. The molecule has 168 valence electrons. The SMILES string of the molecule is COc1cc(C(=O)Nc2c(-c3ccc(F)cc3)ncn2Cc2ccccc2)cc(OC)c1C. The number of rotatable bonds is 7. The van der Waals surface area contributed by atoms with E-state index in [-0.39, 0.29) is 11.7 Å². The van der Waals surface area contributed by atoms with Crippen LogP contribution >= 0.6 is 0 Å². The van der Waals surface area contributed by atoms with Crippen LogP contribution in [0.15, 0.2) is 73.1 Å². The molecule has 3 aromatic carbocycles. The molecular weight excluding hydrogens is 421 g/mol. The van der Waals surface area contributed by atoms with Crippen molar-refractivity contribution in [2.45, 2.75) is 13.5 Å². The Morgan fingerprint density at radius 1 is 1.00 bits per heavy atom. The standard InChI is InChI=1S/C26H24FN3O3/c1-17-22(32-2)13-20(14-23(17)33-3)26(31)29-25-24(19-9-11-21(27)12-10-19)28-16-30(25)15-18-7-5-4-6-8-18/h4-14,16H,15H2,1-3H3,(H,29,31). The number of ether oxygens (including phenoxy) is 2. The van der Waals surface area contributed by atoms with Crippen LogP contribution in [-0.2, 0) is 6.54 Å². The van der Waals surface area contributed by atoms with Crippen LogP contribution in [0.5, 0.6) is 11.5 Å². The molecular formula is C26H24FN3O3. The van der Waals surface area contributed by atoms with Gasteiger partial charge < -0.3 is 19.4 Å². The van der Waals surface area contributed by atoms with E-state index in [2.05, 4.69) is 10.3 Å². The van der Waals surface area contributed by atoms with Gasteiger partial charge in [-0.1, -0.05) is 30.3 Å². The minimum absolute atomic E-state index is 0.341. The second-order valence-electron chi connectivity index (χ2n) is 7.52. The molecule has 1 N–H and O–H groups in total. The van der Waals surface area contributed by atoms with E-state index in [1.807, 2.05) is 41.8 Å². The molecule has 1 heterocycles. The van der Waals surface area contributed by atoms with E-state index in [1.165, 1.54) is 12.1 Å². The number of aromatic nitrogens is 2. The smallest absolute Gasteiger partial charge is 0.257 e. The fraction of sp³-hybridized carbons (Fsp3) is 0.154. The highest BCUT2D eigenvalue weighted by molar-refractivity contribution is 6.06. The Labute approximate surface area is 191 Å². The third kappa shape index (κ3) is 4.72. The molecule has 0 atom stereocenters. The molecule has 33 heavy (non-hydrogen) atoms. The zero-order valence-electron chi connectivity index (χ0n) is 18.6. The summed E-state index contributed by atoms with van der Waals surface area (Å²) in [7, 11) is 3.09. The molecule has 6 nitrogen and oxygen atoms in total. The van der Waals surface area contributed by atoms with Crippen molar-refractivity contribution in [1.82, 2.24) is 9.55 Å². The highest BCUT2D eigenvalue weighted by atomic mass is 19.1. The molecule has 1 amide bonds. The van der Waals surface area contributed by atoms with Gasteiger partial charge in [-0.3, -0.25) is 4.79 Å². The lowest BCUT2D eigenvalue weighted by atomic mass is 10.1. The monoisotopic (exact) mass is 445 g/mol. The number of anilines is 1. The van der Waals surface area contributed by atoms with Crippen LogP contribution in [0.3, 0.4) is 0 Å². The van der Waals surface area contributed by atoms with Crippen molar-refractivity contribution in [2.24, 2.45) is 0 Å². The van der Waals surface area contributed by atoms with Gasteiger partial charge in [0.1, 0.15) is 28.8 Å². The first kappa shape index (κ1) is 22.1. The first-order valence-electron chi connectivity index (χ1n) is 10.4. The lowest BCUT2D eigenvalue weighted by molar-refractivity contribution is 0.102. The number of hydrogen-bond acceptors (Lipinski definition) is 4. The van der Waals surface area contributed by atoms with Crippen molar-refractivity contribution in [3.8, 4) is 22.8 Å². The van der Waals surface area contributed by atoms with Gasteiger partial charge in [0.15, 0.2) is 0 Å². The lowest BCUT2D eigenvalue weighted by Gasteiger charge is -2.15. The van der Waals surface area contributed by atoms with E-state index in [4.69, 9.17) is 9.47 Å². The predicted octanol–water partition coefficient (Wildman–Crippen LogP) is 5.32. The number of amides is 1. The Morgan fingerprint density at radius 3 is 2.24 bits per heavy atom. The Hall–Kier alpha value is -4.13. The highest BCUT2D eigenvalue weighted by Gasteiger charge is 2.19. The van der Waals surface area contributed by atoms with E-state index >= 15 is 0 Å². The maximum Gasteiger partial charge on any atom is 0.257 e. The summed E-state index contributed by atoms with van der Waals surface area (Å²) in [5.74, 6) is 0.928. The molecule has 0 spiro atoms. The van der Waals surface area contributed by atoms with Crippen molar-refractivity contribution >= 4 is 11.7 Å². The number of imidazole rings is 1. The molecule has 0 unspecified atom stereocenters. The fourth-order valence-corrected chi connectivity index (χ4v) is 3.63. The summed E-state index contributed by atoms with van der Waals surface area (Å²) in [6.45, 7) is 2.37. The van der Waals surface area contributed by atoms with E-state index in [1.54, 1.807) is 44.8 Å². The van der Waals surface area contributed by atoms with Crippen LogP contribution in [0.25, 0.3) is 11.3 Å². The summed E-state index contributed by atoms with van der Waals surface area (Å²) >= 11 is 0. The van der Waals surface area contributed by atoms with Crippen molar-refractivity contribution < 1.29 is 18.7 Å². The van der Waals surface area contributed by atoms with Crippen LogP contribution in [-0.4, -0.2) is 29.7 Å². The van der Waals surface area contributed by atoms with Crippen molar-refractivity contribution in [1.29, 1.82) is 0 Å². The number of nitrogens with zero attached hydrogens (tertiary/aromatic N) is 2. The van der Waals surface area contributed by atoms with Crippen LogP contribution in [0.1, 0.15) is 21.5 Å². The first-order chi connectivity index (χ1) is 16.0. The number of nitrogens with one attached hydrogen (secondary N) is 1. The number of methoxy groups -OCH3 is 2. The summed E-state index contributed by atoms with van der Waals surface area (Å²) in [6, 6.07) is 19.2. The zero-order valence-corrected chi connectivity index (χ0v) is 18.6. The largest absolute Gasteiger partial charge is 0.496 e. The third-order valence-electron chi connectivity index (χ3n) is 5.40. The van der Waals surface area contributed by atoms with E-state index in [0.717, 1.165) is 11.1 Å². The van der Waals surface area contributed by atoms with Gasteiger partial charge in [-0.05, 0) is 48.9 Å². The number of carbonyl (C=O) groups excluding carboxylic acids is 1. The Morgan fingerprint density at radius 2 is 1.64 bits per heavy atom. The quantitative estimate of drug-likeness (QED) is 0.418. The normalized spacial score (nSPS) is 10.7. The molecule has 4 aromatic rings. The summed E-state index contributed by atoms with van der Waals surface area (Å²) in [6.07, 6.45) is 1.66. The molecule has 0 aliphatic carbocycles. The molecule has 0 aliphatic heterocycles. The van der Waals surface area contributed by atoms with Crippen LogP contribution < -0.4 is 14.8 Å². The fourth-order valence-electron chi connectivity index (χ4n) is 3.63. The molecule has 0 radical (unpaired) electrons. The molecule has 0 aliphatic rings. The zero-order chi connectivity index (χ0) is 23.4. The third-order valence-corrected chi connectivity index (χ3v) is 5.40. The average molecular weight is 445 g/mol. The molecule has 4 rings (SSSR count). The maximum atomic E-state index is 13.5. The van der Waals surface area contributed by atoms with E-state index in [0.29, 0.717) is 40.7 Å². The minimum Gasteiger partial charge on any atom is -0.496 e. The number of hydrogen-bond donors (Lipinski definition) is 1. The van der Waals surface area contributed by atoms with Gasteiger partial charge in [0, 0.05) is 16.7 Å². The molecule has 0 saturated carbocycles. The summed E-state index contributed by atoms with van der Waals surface area (Å²) in [5.41, 5.74) is 3.47. The lowest BCUT2D eigenvalue weighted by Crippen LogP contribution is -2.16. The number of benzene rings is 3. The van der Waals surface area contributed by atoms with Crippen molar-refractivity contribution in [3.63, 3.8) is 0 Å². The van der Waals surface area contributed by atoms with E-state index in [9.17, 15) is 9.18 Å². The van der Waals surface area contributed by atoms with Gasteiger partial charge >= 0.3 is 0 Å². The molecule has 0 bridgehead atoms. The molecule has 1 aromatic heterocycles. The van der Waals surface area contributed by atoms with Crippen LogP contribution in [0, 0.1) is 12.7 Å². The van der Waals surface area contributed by atoms with E-state index < -0.39 is 0 Å². The summed E-state index contributed by atoms with van der Waals surface area (Å²) < 4.78 is 26.2. The topological polar surface area (TPSA) is 65.4 Å². The summed E-state index contributed by atoms with van der Waals surface area (Å²) in [4.78, 5) is 17.8. The van der Waals surface area contributed by atoms with Gasteiger partial charge in [0.25, 0.3) is 5.91 Å². The van der Waals surface area contributed by atoms with Crippen LogP contribution in [0.2, 0.25) is 0 Å². The predicted molar refractivity (Wildman–Crippen MR) is 125 cm³/mol. The van der Waals surface area contributed by atoms with Gasteiger partial charge in [-0.25, -0.2) is 9.37 Å². The Balaban J connectivity index is 1.74. The Bertz CT molecular complexity index is 1240. The molecule has 0 saturated heterocycles. The van der Waals surface area contributed by atoms with Crippen LogP contribution in [0.4, 0.5) is 10.2 Å². The second-order valence-corrected chi connectivity index (χ2v) is 7.52. The van der Waals surface area contributed by atoms with Gasteiger partial charge in [0.05, 0.1) is 27.1 Å². The first-order valence-corrected chi connectivity index (χ1v) is 10.4. The van der Waals surface area contributed by atoms with Crippen molar-refractivity contribution in [2.75, 3.05) is 19.5 Å². The van der Waals surface area contributed by atoms with Gasteiger partial charge in [0.2, 0.25) is 0 Å². The average Bonchev–Trinajstić information content (AvgIpc) is 3.22. The number of carbonyl (C=O) groups is 1. The van der Waals surface area contributed by atoms with Gasteiger partial charge in [-0.2, -0.15) is 0 Å². The second kappa shape index (κ2) is 9.56. The minimum atomic E-state index is -0.343. The Kier molecular flexibility index (Phi) is 6.40. The molecule has 7 heteroatoms. The van der Waals surface area contributed by atoms with Gasteiger partial charge in [-0.15, -0.1) is 0 Å². The maximum absolute atomic E-state index is 13.5.